The fourth-order valence-corrected chi connectivity index (χ4v) is 4.55. The van der Waals surface area contributed by atoms with E-state index in [2.05, 4.69) is 45.7 Å². The zero-order valence-corrected chi connectivity index (χ0v) is 16.5. The van der Waals surface area contributed by atoms with Gasteiger partial charge in [-0.25, -0.2) is 4.98 Å². The van der Waals surface area contributed by atoms with Crippen LogP contribution in [0.1, 0.15) is 36.9 Å². The number of aromatic nitrogens is 2. The lowest BCUT2D eigenvalue weighted by Gasteiger charge is -2.38. The van der Waals surface area contributed by atoms with Crippen LogP contribution in [-0.4, -0.2) is 65.0 Å². The monoisotopic (exact) mass is 370 g/mol. The van der Waals surface area contributed by atoms with Gasteiger partial charge in [-0.3, -0.25) is 9.69 Å². The van der Waals surface area contributed by atoms with Crippen molar-refractivity contribution in [1.82, 2.24) is 19.2 Å². The lowest BCUT2D eigenvalue weighted by atomic mass is 9.77. The highest BCUT2D eigenvalue weighted by atomic mass is 16.5. The standard InChI is InChI=1S/C21H30N4O2/c1-17-4-8-24-15-18(22-19(24)12-17)14-23-9-5-21(6-10-23)13-20(26)25(16-21)7-3-11-27-2/h4,8,12,15H,3,5-7,9-11,13-14,16H2,1-2H3. The highest BCUT2D eigenvalue weighted by Gasteiger charge is 2.44. The van der Waals surface area contributed by atoms with Crippen molar-refractivity contribution in [2.45, 2.75) is 39.2 Å². The molecular weight excluding hydrogens is 340 g/mol. The molecule has 4 rings (SSSR count). The molecule has 2 aliphatic heterocycles. The van der Waals surface area contributed by atoms with E-state index < -0.39 is 0 Å². The molecule has 2 aromatic heterocycles. The first-order chi connectivity index (χ1) is 13.1. The maximum Gasteiger partial charge on any atom is 0.223 e. The van der Waals surface area contributed by atoms with Crippen LogP contribution >= 0.6 is 0 Å². The van der Waals surface area contributed by atoms with Gasteiger partial charge in [0.05, 0.1) is 5.69 Å². The third-order valence-electron chi connectivity index (χ3n) is 6.15. The Labute approximate surface area is 161 Å². The van der Waals surface area contributed by atoms with Gasteiger partial charge in [-0.15, -0.1) is 0 Å². The van der Waals surface area contributed by atoms with Crippen molar-refractivity contribution in [3.8, 4) is 0 Å². The zero-order chi connectivity index (χ0) is 18.9. The minimum atomic E-state index is 0.191. The predicted octanol–water partition coefficient (Wildman–Crippen LogP) is 2.49. The van der Waals surface area contributed by atoms with Gasteiger partial charge in [0.2, 0.25) is 5.91 Å². The number of rotatable bonds is 6. The number of hydrogen-bond donors (Lipinski definition) is 0. The molecule has 6 heteroatoms. The van der Waals surface area contributed by atoms with Gasteiger partial charge in [-0.2, -0.15) is 0 Å². The second-order valence-corrected chi connectivity index (χ2v) is 8.32. The van der Waals surface area contributed by atoms with Crippen molar-refractivity contribution >= 4 is 11.6 Å². The van der Waals surface area contributed by atoms with Gasteiger partial charge in [-0.1, -0.05) is 0 Å². The maximum atomic E-state index is 12.4. The molecular formula is C21H30N4O2. The minimum absolute atomic E-state index is 0.191. The normalized spacial score (nSPS) is 20.2. The third-order valence-corrected chi connectivity index (χ3v) is 6.15. The summed E-state index contributed by atoms with van der Waals surface area (Å²) in [4.78, 5) is 21.7. The molecule has 0 aliphatic carbocycles. The van der Waals surface area contributed by atoms with Crippen LogP contribution in [0.2, 0.25) is 0 Å². The number of aryl methyl sites for hydroxylation is 1. The lowest BCUT2D eigenvalue weighted by molar-refractivity contribution is -0.128. The van der Waals surface area contributed by atoms with E-state index in [1.165, 1.54) is 5.56 Å². The minimum Gasteiger partial charge on any atom is -0.385 e. The van der Waals surface area contributed by atoms with E-state index in [4.69, 9.17) is 9.72 Å². The molecule has 1 amide bonds. The Balaban J connectivity index is 1.32. The predicted molar refractivity (Wildman–Crippen MR) is 105 cm³/mol. The molecule has 0 N–H and O–H groups in total. The van der Waals surface area contributed by atoms with Gasteiger partial charge in [0.15, 0.2) is 0 Å². The van der Waals surface area contributed by atoms with Crippen molar-refractivity contribution in [1.29, 1.82) is 0 Å². The number of fused-ring (bicyclic) bond motifs is 1. The Bertz CT molecular complexity index is 808. The molecule has 6 nitrogen and oxygen atoms in total. The van der Waals surface area contributed by atoms with E-state index in [1.54, 1.807) is 7.11 Å². The summed E-state index contributed by atoms with van der Waals surface area (Å²) >= 11 is 0. The number of carbonyl (C=O) groups is 1. The molecule has 0 aromatic carbocycles. The molecule has 0 saturated carbocycles. The number of pyridine rings is 1. The summed E-state index contributed by atoms with van der Waals surface area (Å²) in [5.41, 5.74) is 3.57. The van der Waals surface area contributed by atoms with Gasteiger partial charge >= 0.3 is 0 Å². The highest BCUT2D eigenvalue weighted by molar-refractivity contribution is 5.79. The second kappa shape index (κ2) is 7.60. The molecule has 0 radical (unpaired) electrons. The smallest absolute Gasteiger partial charge is 0.223 e. The second-order valence-electron chi connectivity index (χ2n) is 8.32. The van der Waals surface area contributed by atoms with Crippen molar-refractivity contribution in [2.75, 3.05) is 39.9 Å². The summed E-state index contributed by atoms with van der Waals surface area (Å²) < 4.78 is 7.22. The van der Waals surface area contributed by atoms with Gasteiger partial charge in [0.1, 0.15) is 5.65 Å². The van der Waals surface area contributed by atoms with Crippen LogP contribution in [0.4, 0.5) is 0 Å². The maximum absolute atomic E-state index is 12.4. The number of likely N-dealkylation sites (tertiary alicyclic amines) is 2. The van der Waals surface area contributed by atoms with E-state index in [9.17, 15) is 4.79 Å². The SMILES string of the molecule is COCCCN1CC2(CCN(Cc3cn4ccc(C)cc4n3)CC2)CC1=O. The Morgan fingerprint density at radius 1 is 1.30 bits per heavy atom. The molecule has 0 unspecified atom stereocenters. The topological polar surface area (TPSA) is 50.1 Å². The van der Waals surface area contributed by atoms with Crippen LogP contribution in [0.25, 0.3) is 5.65 Å². The van der Waals surface area contributed by atoms with Crippen LogP contribution in [0.3, 0.4) is 0 Å². The number of piperidine rings is 1. The number of nitrogens with zero attached hydrogens (tertiary/aromatic N) is 4. The number of ether oxygens (including phenoxy) is 1. The molecule has 0 atom stereocenters. The molecule has 4 heterocycles. The summed E-state index contributed by atoms with van der Waals surface area (Å²) in [7, 11) is 1.72. The van der Waals surface area contributed by atoms with E-state index in [1.807, 2.05) is 0 Å². The average Bonchev–Trinajstić information content (AvgIpc) is 3.17. The Hall–Kier alpha value is -1.92. The molecule has 2 saturated heterocycles. The van der Waals surface area contributed by atoms with Gasteiger partial charge in [-0.05, 0) is 62.4 Å². The van der Waals surface area contributed by atoms with Crippen LogP contribution in [0.5, 0.6) is 0 Å². The number of amides is 1. The molecule has 1 spiro atoms. The Morgan fingerprint density at radius 2 is 2.11 bits per heavy atom. The molecule has 27 heavy (non-hydrogen) atoms. The van der Waals surface area contributed by atoms with Crippen LogP contribution in [0.15, 0.2) is 24.5 Å². The highest BCUT2D eigenvalue weighted by Crippen LogP contribution is 2.41. The van der Waals surface area contributed by atoms with Crippen molar-refractivity contribution < 1.29 is 9.53 Å². The molecule has 2 aromatic rings. The van der Waals surface area contributed by atoms with E-state index in [0.717, 1.165) is 76.4 Å². The summed E-state index contributed by atoms with van der Waals surface area (Å²) in [6, 6.07) is 4.23. The first-order valence-corrected chi connectivity index (χ1v) is 10.0. The molecule has 2 aliphatic rings. The van der Waals surface area contributed by atoms with Gasteiger partial charge in [0.25, 0.3) is 0 Å². The number of methoxy groups -OCH3 is 1. The van der Waals surface area contributed by atoms with Crippen LogP contribution < -0.4 is 0 Å². The van der Waals surface area contributed by atoms with E-state index >= 15 is 0 Å². The Morgan fingerprint density at radius 3 is 2.89 bits per heavy atom. The third kappa shape index (κ3) is 4.01. The van der Waals surface area contributed by atoms with Gasteiger partial charge < -0.3 is 14.0 Å². The summed E-state index contributed by atoms with van der Waals surface area (Å²) in [5.74, 6) is 0.329. The number of imidazole rings is 1. The van der Waals surface area contributed by atoms with Gasteiger partial charge in [0, 0.05) is 52.2 Å². The average molecular weight is 370 g/mol. The zero-order valence-electron chi connectivity index (χ0n) is 16.5. The molecule has 0 bridgehead atoms. The summed E-state index contributed by atoms with van der Waals surface area (Å²) in [5, 5.41) is 0. The number of hydrogen-bond acceptors (Lipinski definition) is 4. The lowest BCUT2D eigenvalue weighted by Crippen LogP contribution is -2.41. The van der Waals surface area contributed by atoms with Crippen LogP contribution in [0, 0.1) is 12.3 Å². The first-order valence-electron chi connectivity index (χ1n) is 10.0. The summed E-state index contributed by atoms with van der Waals surface area (Å²) in [6.07, 6.45) is 8.07. The summed E-state index contributed by atoms with van der Waals surface area (Å²) in [6.45, 7) is 7.57. The molecule has 146 valence electrons. The van der Waals surface area contributed by atoms with Crippen molar-refractivity contribution in [2.24, 2.45) is 5.41 Å². The fraction of sp³-hybridized carbons (Fsp3) is 0.619. The fourth-order valence-electron chi connectivity index (χ4n) is 4.55. The molecule has 2 fully saturated rings. The van der Waals surface area contributed by atoms with Crippen LogP contribution in [-0.2, 0) is 16.1 Å². The van der Waals surface area contributed by atoms with Crippen molar-refractivity contribution in [3.63, 3.8) is 0 Å². The van der Waals surface area contributed by atoms with Crippen molar-refractivity contribution in [3.05, 3.63) is 35.8 Å². The quantitative estimate of drug-likeness (QED) is 0.733. The largest absolute Gasteiger partial charge is 0.385 e. The first kappa shape index (κ1) is 18.4. The van der Waals surface area contributed by atoms with E-state index in [0.29, 0.717) is 5.91 Å². The number of carbonyl (C=O) groups excluding carboxylic acids is 1. The Kier molecular flexibility index (Phi) is 5.19. The van der Waals surface area contributed by atoms with E-state index in [-0.39, 0.29) is 5.41 Å².